The number of nitrogens with one attached hydrogen (secondary N) is 1. The van der Waals surface area contributed by atoms with E-state index in [9.17, 15) is 18.4 Å². The lowest BCUT2D eigenvalue weighted by Crippen LogP contribution is -2.26. The van der Waals surface area contributed by atoms with Gasteiger partial charge < -0.3 is 10.1 Å². The highest BCUT2D eigenvalue weighted by Gasteiger charge is 2.36. The van der Waals surface area contributed by atoms with Crippen molar-refractivity contribution in [2.45, 2.75) is 46.0 Å². The molecule has 32 heavy (non-hydrogen) atoms. The van der Waals surface area contributed by atoms with E-state index in [1.165, 1.54) is 28.8 Å². The summed E-state index contributed by atoms with van der Waals surface area (Å²) in [4.78, 5) is 25.8. The Morgan fingerprint density at radius 1 is 1.31 bits per heavy atom. The Balaban J connectivity index is 1.82. The molecule has 4 rings (SSSR count). The number of benzene rings is 2. The second kappa shape index (κ2) is 8.05. The van der Waals surface area contributed by atoms with Crippen LogP contribution < -0.4 is 15.7 Å². The maximum absolute atomic E-state index is 14.2. The normalized spacial score (nSPS) is 14.2. The Kier molecular flexibility index (Phi) is 5.54. The first-order chi connectivity index (χ1) is 15.2. The molecule has 0 fully saturated rings. The molecular weight excluding hydrogens is 442 g/mol. The second-order valence-corrected chi connectivity index (χ2v) is 8.42. The number of para-hydroxylation sites is 1. The number of hydrogen-bond acceptors (Lipinski definition) is 4. The summed E-state index contributed by atoms with van der Waals surface area (Å²) >= 11 is 6.03. The van der Waals surface area contributed by atoms with Crippen molar-refractivity contribution >= 4 is 23.2 Å². The Morgan fingerprint density at radius 2 is 2.06 bits per heavy atom. The molecule has 0 aliphatic carbocycles. The van der Waals surface area contributed by atoms with E-state index < -0.39 is 29.7 Å². The van der Waals surface area contributed by atoms with Crippen molar-refractivity contribution in [3.05, 3.63) is 68.6 Å². The highest BCUT2D eigenvalue weighted by atomic mass is 35.5. The zero-order valence-corrected chi connectivity index (χ0v) is 18.5. The Hall–Kier alpha value is -3.20. The SMILES string of the molecule is CCn1c(CF)nn(-c2ccc(C(=O)Nc3c(F)cccc3Cl)c3c2CC(C)(C)O3)c1=O. The number of amides is 1. The summed E-state index contributed by atoms with van der Waals surface area (Å²) in [5.74, 6) is -1.01. The van der Waals surface area contributed by atoms with Crippen LogP contribution >= 0.6 is 11.6 Å². The predicted molar refractivity (Wildman–Crippen MR) is 116 cm³/mol. The summed E-state index contributed by atoms with van der Waals surface area (Å²) in [5, 5.41) is 6.68. The number of aromatic nitrogens is 3. The lowest BCUT2D eigenvalue weighted by molar-refractivity contribution is 0.101. The fourth-order valence-electron chi connectivity index (χ4n) is 3.83. The summed E-state index contributed by atoms with van der Waals surface area (Å²) in [6.45, 7) is 4.79. The number of nitrogens with zero attached hydrogens (tertiary/aromatic N) is 3. The van der Waals surface area contributed by atoms with Crippen molar-refractivity contribution < 1.29 is 18.3 Å². The lowest BCUT2D eigenvalue weighted by atomic mass is 9.98. The van der Waals surface area contributed by atoms with Crippen LogP contribution in [0.5, 0.6) is 5.75 Å². The molecule has 1 aliphatic rings. The van der Waals surface area contributed by atoms with Gasteiger partial charge in [0.15, 0.2) is 5.82 Å². The average molecular weight is 463 g/mol. The van der Waals surface area contributed by atoms with Crippen LogP contribution in [0.25, 0.3) is 5.69 Å². The zero-order chi connectivity index (χ0) is 23.2. The van der Waals surface area contributed by atoms with E-state index in [0.717, 1.165) is 4.68 Å². The van der Waals surface area contributed by atoms with Crippen LogP contribution in [-0.2, 0) is 19.6 Å². The van der Waals surface area contributed by atoms with E-state index >= 15 is 0 Å². The molecule has 0 bridgehead atoms. The molecule has 2 aromatic carbocycles. The summed E-state index contributed by atoms with van der Waals surface area (Å²) in [5.41, 5.74) is -0.152. The van der Waals surface area contributed by atoms with E-state index in [-0.39, 0.29) is 34.4 Å². The van der Waals surface area contributed by atoms with Gasteiger partial charge in [0.1, 0.15) is 23.8 Å². The highest BCUT2D eigenvalue weighted by Crippen LogP contribution is 2.41. The number of carbonyl (C=O) groups excluding carboxylic acids is 1. The second-order valence-electron chi connectivity index (χ2n) is 8.02. The number of ether oxygens (including phenoxy) is 1. The van der Waals surface area contributed by atoms with Gasteiger partial charge in [-0.2, -0.15) is 4.68 Å². The predicted octanol–water partition coefficient (Wildman–Crippen LogP) is 4.28. The number of halogens is 3. The molecule has 1 N–H and O–H groups in total. The van der Waals surface area contributed by atoms with Crippen LogP contribution in [0.4, 0.5) is 14.5 Å². The number of hydrogen-bond donors (Lipinski definition) is 1. The van der Waals surface area contributed by atoms with Gasteiger partial charge in [0.2, 0.25) is 0 Å². The van der Waals surface area contributed by atoms with Gasteiger partial charge in [0.05, 0.1) is 22.0 Å². The Morgan fingerprint density at radius 3 is 2.69 bits per heavy atom. The van der Waals surface area contributed by atoms with Crippen molar-refractivity contribution in [1.82, 2.24) is 14.3 Å². The lowest BCUT2D eigenvalue weighted by Gasteiger charge is -2.18. The van der Waals surface area contributed by atoms with Crippen LogP contribution in [0.2, 0.25) is 5.02 Å². The molecule has 0 spiro atoms. The van der Waals surface area contributed by atoms with Crippen molar-refractivity contribution in [2.24, 2.45) is 0 Å². The van der Waals surface area contributed by atoms with E-state index in [1.54, 1.807) is 13.0 Å². The molecule has 0 unspecified atom stereocenters. The topological polar surface area (TPSA) is 78.2 Å². The van der Waals surface area contributed by atoms with Crippen LogP contribution in [0.1, 0.15) is 42.5 Å². The minimum absolute atomic E-state index is 0.0143. The molecule has 0 atom stereocenters. The van der Waals surface area contributed by atoms with Gasteiger partial charge in [-0.05, 0) is 45.0 Å². The minimum atomic E-state index is -0.885. The maximum Gasteiger partial charge on any atom is 0.350 e. The van der Waals surface area contributed by atoms with Crippen molar-refractivity contribution in [2.75, 3.05) is 5.32 Å². The third-order valence-electron chi connectivity index (χ3n) is 5.27. The van der Waals surface area contributed by atoms with Gasteiger partial charge in [-0.15, -0.1) is 5.10 Å². The van der Waals surface area contributed by atoms with Gasteiger partial charge in [-0.25, -0.2) is 13.6 Å². The van der Waals surface area contributed by atoms with Crippen molar-refractivity contribution in [1.29, 1.82) is 0 Å². The first kappa shape index (κ1) is 22.0. The molecule has 168 valence electrons. The van der Waals surface area contributed by atoms with Crippen LogP contribution in [0.15, 0.2) is 35.1 Å². The van der Waals surface area contributed by atoms with E-state index in [1.807, 2.05) is 13.8 Å². The van der Waals surface area contributed by atoms with Gasteiger partial charge >= 0.3 is 5.69 Å². The summed E-state index contributed by atoms with van der Waals surface area (Å²) in [6.07, 6.45) is 0.385. The standard InChI is InChI=1S/C22H21ClF2N4O3/c1-4-28-17(11-24)27-29(21(28)31)16-9-8-12(19-13(16)10-22(2,3)32-19)20(30)26-18-14(23)6-5-7-15(18)25/h5-9H,4,10-11H2,1-3H3,(H,26,30). The molecule has 10 heteroatoms. The van der Waals surface area contributed by atoms with Gasteiger partial charge in [-0.3, -0.25) is 9.36 Å². The molecule has 1 aliphatic heterocycles. The first-order valence-electron chi connectivity index (χ1n) is 10.0. The third-order valence-corrected chi connectivity index (χ3v) is 5.58. The number of rotatable bonds is 5. The number of alkyl halides is 1. The van der Waals surface area contributed by atoms with Crippen LogP contribution in [0, 0.1) is 5.82 Å². The fraction of sp³-hybridized carbons (Fsp3) is 0.318. The van der Waals surface area contributed by atoms with E-state index in [2.05, 4.69) is 10.4 Å². The summed E-state index contributed by atoms with van der Waals surface area (Å²) < 4.78 is 35.9. The Bertz CT molecular complexity index is 1260. The number of anilines is 1. The molecule has 1 amide bonds. The number of fused-ring (bicyclic) bond motifs is 1. The largest absolute Gasteiger partial charge is 0.486 e. The summed E-state index contributed by atoms with van der Waals surface area (Å²) in [6, 6.07) is 7.11. The van der Waals surface area contributed by atoms with Crippen LogP contribution in [0.3, 0.4) is 0 Å². The minimum Gasteiger partial charge on any atom is -0.486 e. The first-order valence-corrected chi connectivity index (χ1v) is 10.4. The van der Waals surface area contributed by atoms with Gasteiger partial charge in [-0.1, -0.05) is 17.7 Å². The smallest absolute Gasteiger partial charge is 0.350 e. The maximum atomic E-state index is 14.2. The Labute approximate surface area is 187 Å². The van der Waals surface area contributed by atoms with Crippen LogP contribution in [-0.4, -0.2) is 25.9 Å². The summed E-state index contributed by atoms with van der Waals surface area (Å²) in [7, 11) is 0. The molecule has 7 nitrogen and oxygen atoms in total. The fourth-order valence-corrected chi connectivity index (χ4v) is 4.04. The van der Waals surface area contributed by atoms with Gasteiger partial charge in [0, 0.05) is 18.5 Å². The van der Waals surface area contributed by atoms with Crippen molar-refractivity contribution in [3.8, 4) is 11.4 Å². The molecule has 0 saturated carbocycles. The molecule has 0 saturated heterocycles. The van der Waals surface area contributed by atoms with E-state index in [4.69, 9.17) is 16.3 Å². The average Bonchev–Trinajstić information content (AvgIpc) is 3.24. The third kappa shape index (κ3) is 3.66. The van der Waals surface area contributed by atoms with E-state index in [0.29, 0.717) is 17.7 Å². The molecule has 0 radical (unpaired) electrons. The molecule has 3 aromatic rings. The van der Waals surface area contributed by atoms with Crippen molar-refractivity contribution in [3.63, 3.8) is 0 Å². The molecule has 2 heterocycles. The molecule has 1 aromatic heterocycles. The van der Waals surface area contributed by atoms with Gasteiger partial charge in [0.25, 0.3) is 5.91 Å². The number of carbonyl (C=O) groups is 1. The monoisotopic (exact) mass is 462 g/mol. The zero-order valence-electron chi connectivity index (χ0n) is 17.7. The molecular formula is C22H21ClF2N4O3. The quantitative estimate of drug-likeness (QED) is 0.614. The highest BCUT2D eigenvalue weighted by molar-refractivity contribution is 6.34.